The first-order valence-corrected chi connectivity index (χ1v) is 24.3. The number of carboxylic acids is 3. The predicted molar refractivity (Wildman–Crippen MR) is 271 cm³/mol. The fourth-order valence-corrected chi connectivity index (χ4v) is 6.99. The maximum absolute atomic E-state index is 14.1. The zero-order valence-corrected chi connectivity index (χ0v) is 41.8. The van der Waals surface area contributed by atoms with Gasteiger partial charge in [-0.3, -0.25) is 53.1 Å². The zero-order chi connectivity index (χ0) is 56.5. The Morgan fingerprint density at radius 3 is 1.28 bits per heavy atom. The van der Waals surface area contributed by atoms with Crippen LogP contribution in [0.15, 0.2) is 34.3 Å². The van der Waals surface area contributed by atoms with E-state index in [0.717, 1.165) is 0 Å². The number of unbranched alkanes of at least 4 members (excludes halogenated alkanes) is 2. The molecule has 30 heteroatoms. The molecule has 0 aliphatic rings. The van der Waals surface area contributed by atoms with Crippen molar-refractivity contribution < 1.29 is 68.4 Å². The first kappa shape index (κ1) is 65.2. The number of hydrogen-bond acceptors (Lipinski definition) is 16. The van der Waals surface area contributed by atoms with Crippen LogP contribution < -0.4 is 77.4 Å². The fraction of sp³-hybridized carbons (Fsp3) is 0.600. The molecule has 0 heterocycles. The highest BCUT2D eigenvalue weighted by Gasteiger charge is 2.33. The summed E-state index contributed by atoms with van der Waals surface area (Å²) in [5.74, 6) is -11.1. The van der Waals surface area contributed by atoms with Crippen LogP contribution in [0.5, 0.6) is 5.75 Å². The summed E-state index contributed by atoms with van der Waals surface area (Å²) in [6.45, 7) is -0.192. The Kier molecular flexibility index (Phi) is 31.4. The second kappa shape index (κ2) is 36.1. The van der Waals surface area contributed by atoms with Crippen molar-refractivity contribution in [3.8, 4) is 5.75 Å². The number of phenols is 1. The normalized spacial score (nSPS) is 13.6. The van der Waals surface area contributed by atoms with Crippen molar-refractivity contribution in [1.82, 2.24) is 37.2 Å². The smallest absolute Gasteiger partial charge is 0.326 e. The number of aliphatic carboxylic acids is 3. The second-order valence-electron chi connectivity index (χ2n) is 17.3. The quantitative estimate of drug-likeness (QED) is 0.0166. The maximum atomic E-state index is 14.1. The third kappa shape index (κ3) is 28.8. The number of nitrogens with zero attached hydrogens (tertiary/aromatic N) is 2. The van der Waals surface area contributed by atoms with Gasteiger partial charge in [0.05, 0.1) is 12.6 Å². The lowest BCUT2D eigenvalue weighted by molar-refractivity contribution is -0.143. The summed E-state index contributed by atoms with van der Waals surface area (Å²) < 4.78 is 0. The van der Waals surface area contributed by atoms with Gasteiger partial charge >= 0.3 is 17.9 Å². The number of carbonyl (C=O) groups is 10. The molecule has 0 bridgehead atoms. The Hall–Kier alpha value is -7.86. The molecule has 0 unspecified atom stereocenters. The monoisotopic (exact) mass is 1060 g/mol. The lowest BCUT2D eigenvalue weighted by atomic mass is 10.0. The van der Waals surface area contributed by atoms with Crippen molar-refractivity contribution in [1.29, 1.82) is 0 Å². The molecule has 0 aliphatic carbocycles. The number of aromatic hydroxyl groups is 1. The minimum absolute atomic E-state index is 0.00530. The topological polar surface area (TPSA) is 543 Å². The van der Waals surface area contributed by atoms with Gasteiger partial charge < -0.3 is 97.8 Å². The summed E-state index contributed by atoms with van der Waals surface area (Å²) in [5, 5.41) is 55.1. The molecule has 0 aliphatic heterocycles. The molecule has 25 N–H and O–H groups in total. The number of phenolic OH excluding ortho intramolecular Hbond substituents is 1. The summed E-state index contributed by atoms with van der Waals surface area (Å²) >= 11 is 0. The van der Waals surface area contributed by atoms with Gasteiger partial charge in [-0.2, -0.15) is 0 Å². The van der Waals surface area contributed by atoms with Crippen LogP contribution in [-0.4, -0.2) is 167 Å². The average Bonchev–Trinajstić information content (AvgIpc) is 3.34. The molecule has 0 radical (unpaired) electrons. The summed E-state index contributed by atoms with van der Waals surface area (Å²) in [7, 11) is 0. The molecule has 30 nitrogen and oxygen atoms in total. The van der Waals surface area contributed by atoms with Gasteiger partial charge in [-0.05, 0) is 108 Å². The van der Waals surface area contributed by atoms with Gasteiger partial charge in [0, 0.05) is 32.4 Å². The number of carbonyl (C=O) groups excluding carboxylic acids is 7. The molecule has 7 atom stereocenters. The van der Waals surface area contributed by atoms with Crippen molar-refractivity contribution in [2.45, 2.75) is 139 Å². The van der Waals surface area contributed by atoms with Gasteiger partial charge in [-0.25, -0.2) is 4.79 Å². The molecule has 0 fully saturated rings. The Bertz CT molecular complexity index is 2100. The van der Waals surface area contributed by atoms with Gasteiger partial charge in [0.25, 0.3) is 0 Å². The van der Waals surface area contributed by atoms with Crippen LogP contribution in [0.25, 0.3) is 0 Å². The van der Waals surface area contributed by atoms with E-state index >= 15 is 0 Å². The van der Waals surface area contributed by atoms with Crippen LogP contribution in [0.1, 0.15) is 95.5 Å². The molecule has 1 aromatic carbocycles. The number of benzene rings is 1. The second-order valence-corrected chi connectivity index (χ2v) is 17.3. The molecule has 0 spiro atoms. The standard InChI is InChI=1S/C45H76N16O14/c46-19-3-1-8-28(59-41(72)30(10-6-22-54-45(51)52)57-37(68)27(48)7-5-21-53-44(49)50)39(70)58-29(9-2-4-20-47)40(71)60-31(15-17-35(64)65)38(69)55-24-34(63)56-32(16-18-36(66)67)42(73)61-33(43(74)75)23-25-11-13-26(62)14-12-25/h11-14,27-33,62H,1-10,15-24,46-48H2,(H,55,69)(H,56,63)(H,57,68)(H,58,70)(H,59,72)(H,60,71)(H,61,73)(H,64,65)(H,66,67)(H,74,75)(H4,49,50,53)(H4,51,52,54)/t27-,28-,29-,30-,31-,32-,33-/m0/s1. The highest BCUT2D eigenvalue weighted by Crippen LogP contribution is 2.13. The lowest BCUT2D eigenvalue weighted by Gasteiger charge is -2.27. The highest BCUT2D eigenvalue weighted by atomic mass is 16.4. The minimum Gasteiger partial charge on any atom is -0.508 e. The number of nitrogens with two attached hydrogens (primary N) is 7. The van der Waals surface area contributed by atoms with Gasteiger partial charge in [-0.15, -0.1) is 0 Å². The number of carboxylic acid groups (broad SMARTS) is 3. The van der Waals surface area contributed by atoms with E-state index < -0.39 is 134 Å². The predicted octanol–water partition coefficient (Wildman–Crippen LogP) is -5.53. The number of nitrogens with one attached hydrogen (secondary N) is 7. The van der Waals surface area contributed by atoms with Crippen LogP contribution in [0.3, 0.4) is 0 Å². The van der Waals surface area contributed by atoms with Crippen LogP contribution in [0, 0.1) is 0 Å². The van der Waals surface area contributed by atoms with Crippen molar-refractivity contribution >= 4 is 71.2 Å². The van der Waals surface area contributed by atoms with Crippen LogP contribution >= 0.6 is 0 Å². The molecule has 1 aromatic rings. The van der Waals surface area contributed by atoms with E-state index in [9.17, 15) is 68.4 Å². The summed E-state index contributed by atoms with van der Waals surface area (Å²) in [6.07, 6.45) is -0.561. The molecule has 420 valence electrons. The Morgan fingerprint density at radius 2 is 0.867 bits per heavy atom. The number of rotatable bonds is 39. The van der Waals surface area contributed by atoms with E-state index in [1.807, 2.05) is 0 Å². The molecule has 0 saturated heterocycles. The Labute approximate surface area is 432 Å². The Morgan fingerprint density at radius 1 is 0.480 bits per heavy atom. The van der Waals surface area contributed by atoms with Crippen LogP contribution in [-0.2, 0) is 54.4 Å². The Balaban J connectivity index is 3.34. The van der Waals surface area contributed by atoms with E-state index in [-0.39, 0.29) is 88.8 Å². The number of hydrogen-bond donors (Lipinski definition) is 18. The first-order valence-electron chi connectivity index (χ1n) is 24.3. The minimum atomic E-state index is -1.64. The molecule has 75 heavy (non-hydrogen) atoms. The number of aliphatic imine (C=N–C) groups is 2. The lowest BCUT2D eigenvalue weighted by Crippen LogP contribution is -2.59. The molecule has 1 rings (SSSR count). The zero-order valence-electron chi connectivity index (χ0n) is 41.8. The third-order valence-corrected chi connectivity index (χ3v) is 11.0. The third-order valence-electron chi connectivity index (χ3n) is 11.0. The molecular formula is C45H76N16O14. The summed E-state index contributed by atoms with van der Waals surface area (Å²) in [5.41, 5.74) is 39.5. The van der Waals surface area contributed by atoms with E-state index in [1.54, 1.807) is 0 Å². The van der Waals surface area contributed by atoms with E-state index in [0.29, 0.717) is 31.2 Å². The summed E-state index contributed by atoms with van der Waals surface area (Å²) in [4.78, 5) is 138. The number of guanidine groups is 2. The van der Waals surface area contributed by atoms with Crippen molar-refractivity contribution in [2.24, 2.45) is 50.1 Å². The molecule has 0 saturated carbocycles. The summed E-state index contributed by atoms with van der Waals surface area (Å²) in [6, 6.07) is -4.43. The van der Waals surface area contributed by atoms with E-state index in [4.69, 9.17) is 40.1 Å². The van der Waals surface area contributed by atoms with Crippen molar-refractivity contribution in [3.05, 3.63) is 29.8 Å². The SMILES string of the molecule is NCCCC[C@H](NC(=O)[C@H](CCCCN)NC(=O)[C@H](CCCN=C(N)N)NC(=O)[C@@H](N)CCCN=C(N)N)C(=O)N[C@@H](CCC(=O)O)C(=O)NCC(=O)N[C@@H](CCC(=O)O)C(=O)N[C@@H](Cc1ccc(O)cc1)C(=O)O. The molecular weight excluding hydrogens is 989 g/mol. The van der Waals surface area contributed by atoms with Crippen molar-refractivity contribution in [3.63, 3.8) is 0 Å². The van der Waals surface area contributed by atoms with Gasteiger partial charge in [-0.1, -0.05) is 12.1 Å². The molecule has 0 aromatic heterocycles. The largest absolute Gasteiger partial charge is 0.508 e. The van der Waals surface area contributed by atoms with Gasteiger partial charge in [0.15, 0.2) is 11.9 Å². The van der Waals surface area contributed by atoms with Crippen LogP contribution in [0.2, 0.25) is 0 Å². The number of amides is 7. The average molecular weight is 1070 g/mol. The molecule has 7 amide bonds. The van der Waals surface area contributed by atoms with Gasteiger partial charge in [0.1, 0.15) is 42.0 Å². The van der Waals surface area contributed by atoms with Crippen molar-refractivity contribution in [2.75, 3.05) is 32.7 Å². The van der Waals surface area contributed by atoms with Crippen LogP contribution in [0.4, 0.5) is 0 Å². The van der Waals surface area contributed by atoms with Gasteiger partial charge in [0.2, 0.25) is 41.4 Å². The first-order chi connectivity index (χ1) is 35.5. The highest BCUT2D eigenvalue weighted by molar-refractivity contribution is 5.97. The fourth-order valence-electron chi connectivity index (χ4n) is 6.99. The maximum Gasteiger partial charge on any atom is 0.326 e. The van der Waals surface area contributed by atoms with E-state index in [1.165, 1.54) is 24.3 Å². The van der Waals surface area contributed by atoms with E-state index in [2.05, 4.69) is 47.2 Å².